The highest BCUT2D eigenvalue weighted by Crippen LogP contribution is 2.10. The zero-order chi connectivity index (χ0) is 14.3. The lowest BCUT2D eigenvalue weighted by molar-refractivity contribution is 0.195. The molecule has 0 saturated heterocycles. The van der Waals surface area contributed by atoms with Crippen LogP contribution in [0.1, 0.15) is 23.4 Å². The molecule has 1 aromatic rings. The minimum Gasteiger partial charge on any atom is -0.385 e. The molecule has 0 bridgehead atoms. The quantitative estimate of drug-likeness (QED) is 0.453. The van der Waals surface area contributed by atoms with Crippen LogP contribution in [0.15, 0.2) is 4.99 Å². The third-order valence-electron chi connectivity index (χ3n) is 3.13. The van der Waals surface area contributed by atoms with Crippen molar-refractivity contribution in [2.75, 3.05) is 27.3 Å². The van der Waals surface area contributed by atoms with Crippen LogP contribution in [0.2, 0.25) is 0 Å². The highest BCUT2D eigenvalue weighted by molar-refractivity contribution is 5.79. The number of nitrogens with one attached hydrogen (secondary N) is 2. The molecule has 1 aromatic heterocycles. The summed E-state index contributed by atoms with van der Waals surface area (Å²) in [6.07, 6.45) is 0.960. The summed E-state index contributed by atoms with van der Waals surface area (Å²) in [5.41, 5.74) is 3.46. The molecule has 0 saturated carbocycles. The summed E-state index contributed by atoms with van der Waals surface area (Å²) in [7, 11) is 5.44. The van der Waals surface area contributed by atoms with Crippen LogP contribution in [0.4, 0.5) is 0 Å². The van der Waals surface area contributed by atoms with Crippen LogP contribution >= 0.6 is 0 Å². The normalized spacial score (nSPS) is 11.7. The summed E-state index contributed by atoms with van der Waals surface area (Å²) in [5, 5.41) is 11.0. The molecule has 1 rings (SSSR count). The zero-order valence-corrected chi connectivity index (χ0v) is 12.6. The Morgan fingerprint density at radius 2 is 2.11 bits per heavy atom. The highest BCUT2D eigenvalue weighted by atomic mass is 16.5. The zero-order valence-electron chi connectivity index (χ0n) is 12.6. The van der Waals surface area contributed by atoms with Gasteiger partial charge in [0.25, 0.3) is 0 Å². The standard InChI is InChI=1S/C13H25N5O/c1-10-12(11(2)18(4)17-10)9-16-13(14-3)15-7-6-8-19-5/h6-9H2,1-5H3,(H2,14,15,16). The van der Waals surface area contributed by atoms with E-state index in [4.69, 9.17) is 4.74 Å². The van der Waals surface area contributed by atoms with E-state index < -0.39 is 0 Å². The third kappa shape index (κ3) is 4.55. The Morgan fingerprint density at radius 3 is 2.63 bits per heavy atom. The Labute approximate surface area is 115 Å². The summed E-state index contributed by atoms with van der Waals surface area (Å²) >= 11 is 0. The van der Waals surface area contributed by atoms with Gasteiger partial charge in [0.2, 0.25) is 0 Å². The van der Waals surface area contributed by atoms with E-state index in [1.165, 1.54) is 11.3 Å². The fourth-order valence-corrected chi connectivity index (χ4v) is 1.89. The van der Waals surface area contributed by atoms with E-state index in [1.807, 2.05) is 18.7 Å². The average Bonchev–Trinajstić information content (AvgIpc) is 2.63. The molecular weight excluding hydrogens is 242 g/mol. The lowest BCUT2D eigenvalue weighted by Gasteiger charge is -2.12. The van der Waals surface area contributed by atoms with Crippen molar-refractivity contribution < 1.29 is 4.74 Å². The number of aryl methyl sites for hydroxylation is 2. The van der Waals surface area contributed by atoms with Gasteiger partial charge in [0, 0.05) is 52.2 Å². The van der Waals surface area contributed by atoms with Crippen LogP contribution in [0, 0.1) is 13.8 Å². The maximum Gasteiger partial charge on any atom is 0.191 e. The lowest BCUT2D eigenvalue weighted by atomic mass is 10.2. The predicted molar refractivity (Wildman–Crippen MR) is 77.4 cm³/mol. The fraction of sp³-hybridized carbons (Fsp3) is 0.692. The molecule has 0 aliphatic rings. The Balaban J connectivity index is 2.45. The van der Waals surface area contributed by atoms with Gasteiger partial charge in [-0.2, -0.15) is 5.10 Å². The maximum absolute atomic E-state index is 5.01. The Morgan fingerprint density at radius 1 is 1.37 bits per heavy atom. The van der Waals surface area contributed by atoms with Gasteiger partial charge in [0.1, 0.15) is 0 Å². The van der Waals surface area contributed by atoms with Crippen LogP contribution in [-0.4, -0.2) is 43.0 Å². The molecule has 6 nitrogen and oxygen atoms in total. The smallest absolute Gasteiger partial charge is 0.191 e. The first-order chi connectivity index (χ1) is 9.10. The predicted octanol–water partition coefficient (Wildman–Crippen LogP) is 0.738. The average molecular weight is 267 g/mol. The number of hydrogen-bond donors (Lipinski definition) is 2. The molecule has 2 N–H and O–H groups in total. The summed E-state index contributed by atoms with van der Waals surface area (Å²) in [6, 6.07) is 0. The van der Waals surface area contributed by atoms with E-state index >= 15 is 0 Å². The topological polar surface area (TPSA) is 63.5 Å². The van der Waals surface area contributed by atoms with Gasteiger partial charge in [0.05, 0.1) is 5.69 Å². The van der Waals surface area contributed by atoms with Crippen molar-refractivity contribution in [1.82, 2.24) is 20.4 Å². The molecule has 108 valence electrons. The minimum atomic E-state index is 0.732. The van der Waals surface area contributed by atoms with Crippen LogP contribution in [0.5, 0.6) is 0 Å². The van der Waals surface area contributed by atoms with Gasteiger partial charge < -0.3 is 15.4 Å². The van der Waals surface area contributed by atoms with Gasteiger partial charge in [-0.05, 0) is 20.3 Å². The second kappa shape index (κ2) is 7.78. The SMILES string of the molecule is CN=C(NCCCOC)NCc1c(C)nn(C)c1C. The van der Waals surface area contributed by atoms with Crippen molar-refractivity contribution in [2.45, 2.75) is 26.8 Å². The molecule has 0 atom stereocenters. The number of nitrogens with zero attached hydrogens (tertiary/aromatic N) is 3. The van der Waals surface area contributed by atoms with E-state index in [2.05, 4.69) is 27.6 Å². The molecule has 19 heavy (non-hydrogen) atoms. The first-order valence-electron chi connectivity index (χ1n) is 6.52. The maximum atomic E-state index is 5.01. The van der Waals surface area contributed by atoms with Crippen molar-refractivity contribution >= 4 is 5.96 Å². The molecule has 0 unspecified atom stereocenters. The van der Waals surface area contributed by atoms with Gasteiger partial charge in [-0.25, -0.2) is 0 Å². The molecule has 0 spiro atoms. The second-order valence-corrected chi connectivity index (χ2v) is 4.47. The summed E-state index contributed by atoms with van der Waals surface area (Å²) < 4.78 is 6.91. The molecule has 6 heteroatoms. The molecule has 0 aliphatic heterocycles. The Bertz CT molecular complexity index is 425. The number of methoxy groups -OCH3 is 1. The van der Waals surface area contributed by atoms with Crippen LogP contribution in [0.25, 0.3) is 0 Å². The molecule has 0 radical (unpaired) electrons. The van der Waals surface area contributed by atoms with Gasteiger partial charge in [-0.3, -0.25) is 9.67 Å². The van der Waals surface area contributed by atoms with E-state index in [0.29, 0.717) is 0 Å². The van der Waals surface area contributed by atoms with E-state index in [-0.39, 0.29) is 0 Å². The first-order valence-corrected chi connectivity index (χ1v) is 6.52. The lowest BCUT2D eigenvalue weighted by Crippen LogP contribution is -2.37. The van der Waals surface area contributed by atoms with Crippen molar-refractivity contribution in [3.63, 3.8) is 0 Å². The van der Waals surface area contributed by atoms with E-state index in [9.17, 15) is 0 Å². The van der Waals surface area contributed by atoms with Gasteiger partial charge in [0.15, 0.2) is 5.96 Å². The molecule has 0 aromatic carbocycles. The van der Waals surface area contributed by atoms with Gasteiger partial charge >= 0.3 is 0 Å². The Kier molecular flexibility index (Phi) is 6.35. The van der Waals surface area contributed by atoms with Crippen LogP contribution < -0.4 is 10.6 Å². The van der Waals surface area contributed by atoms with E-state index in [1.54, 1.807) is 14.2 Å². The van der Waals surface area contributed by atoms with Gasteiger partial charge in [-0.15, -0.1) is 0 Å². The molecule has 0 aliphatic carbocycles. The molecule has 1 heterocycles. The number of aliphatic imine (C=N–C) groups is 1. The summed E-state index contributed by atoms with van der Waals surface area (Å²) in [6.45, 7) is 6.43. The number of hydrogen-bond acceptors (Lipinski definition) is 3. The van der Waals surface area contributed by atoms with Crippen molar-refractivity contribution in [2.24, 2.45) is 12.0 Å². The van der Waals surface area contributed by atoms with Crippen LogP contribution in [-0.2, 0) is 18.3 Å². The molecular formula is C13H25N5O. The second-order valence-electron chi connectivity index (χ2n) is 4.47. The monoisotopic (exact) mass is 267 g/mol. The number of ether oxygens (including phenoxy) is 1. The minimum absolute atomic E-state index is 0.732. The molecule has 0 amide bonds. The number of aromatic nitrogens is 2. The summed E-state index contributed by atoms with van der Waals surface area (Å²) in [4.78, 5) is 4.19. The summed E-state index contributed by atoms with van der Waals surface area (Å²) in [5.74, 6) is 0.804. The number of guanidine groups is 1. The Hall–Kier alpha value is -1.56. The number of rotatable bonds is 6. The van der Waals surface area contributed by atoms with Crippen LogP contribution in [0.3, 0.4) is 0 Å². The van der Waals surface area contributed by atoms with Crippen molar-refractivity contribution in [3.05, 3.63) is 17.0 Å². The van der Waals surface area contributed by atoms with Crippen molar-refractivity contribution in [3.8, 4) is 0 Å². The third-order valence-corrected chi connectivity index (χ3v) is 3.13. The molecule has 0 fully saturated rings. The fourth-order valence-electron chi connectivity index (χ4n) is 1.89. The van der Waals surface area contributed by atoms with E-state index in [0.717, 1.165) is 37.8 Å². The van der Waals surface area contributed by atoms with Gasteiger partial charge in [-0.1, -0.05) is 0 Å². The largest absolute Gasteiger partial charge is 0.385 e. The highest BCUT2D eigenvalue weighted by Gasteiger charge is 2.09. The van der Waals surface area contributed by atoms with Crippen molar-refractivity contribution in [1.29, 1.82) is 0 Å². The first kappa shape index (κ1) is 15.5.